The van der Waals surface area contributed by atoms with Gasteiger partial charge in [-0.1, -0.05) is 6.92 Å². The molecule has 2 aromatic rings. The van der Waals surface area contributed by atoms with E-state index in [2.05, 4.69) is 17.0 Å². The molecule has 0 bridgehead atoms. The number of aliphatic hydroxyl groups is 1. The van der Waals surface area contributed by atoms with Gasteiger partial charge in [-0.2, -0.15) is 5.10 Å². The smallest absolute Gasteiger partial charge is 0.224 e. The molecular formula is C17H25N5O2. The van der Waals surface area contributed by atoms with Crippen molar-refractivity contribution < 1.29 is 9.90 Å². The van der Waals surface area contributed by atoms with Crippen molar-refractivity contribution in [1.29, 1.82) is 0 Å². The zero-order valence-corrected chi connectivity index (χ0v) is 14.4. The highest BCUT2D eigenvalue weighted by Gasteiger charge is 2.21. The predicted octanol–water partition coefficient (Wildman–Crippen LogP) is 1.52. The summed E-state index contributed by atoms with van der Waals surface area (Å²) >= 11 is 0. The average molecular weight is 331 g/mol. The van der Waals surface area contributed by atoms with E-state index in [0.29, 0.717) is 25.2 Å². The van der Waals surface area contributed by atoms with Gasteiger partial charge in [0.1, 0.15) is 5.82 Å². The quantitative estimate of drug-likeness (QED) is 0.901. The third kappa shape index (κ3) is 3.51. The summed E-state index contributed by atoms with van der Waals surface area (Å²) < 4.78 is 3.96. The number of rotatable bonds is 5. The van der Waals surface area contributed by atoms with Gasteiger partial charge in [0.25, 0.3) is 0 Å². The van der Waals surface area contributed by atoms with Crippen LogP contribution in [0.5, 0.6) is 0 Å². The SMILES string of the molecule is CCc1nccn1CCC(=O)N1CCCn2nc([C@@H](C)O)cc2C1. The maximum absolute atomic E-state index is 12.6. The minimum Gasteiger partial charge on any atom is -0.387 e. The maximum Gasteiger partial charge on any atom is 0.224 e. The Labute approximate surface area is 141 Å². The fourth-order valence-corrected chi connectivity index (χ4v) is 3.13. The lowest BCUT2D eigenvalue weighted by atomic mass is 10.2. The summed E-state index contributed by atoms with van der Waals surface area (Å²) in [5.41, 5.74) is 1.67. The molecule has 24 heavy (non-hydrogen) atoms. The number of aliphatic hydroxyl groups excluding tert-OH is 1. The molecule has 7 nitrogen and oxygen atoms in total. The Balaban J connectivity index is 1.64. The summed E-state index contributed by atoms with van der Waals surface area (Å²) in [6, 6.07) is 1.90. The molecule has 130 valence electrons. The van der Waals surface area contributed by atoms with E-state index in [-0.39, 0.29) is 5.91 Å². The van der Waals surface area contributed by atoms with E-state index in [1.165, 1.54) is 0 Å². The number of aryl methyl sites for hydroxylation is 3. The summed E-state index contributed by atoms with van der Waals surface area (Å²) in [5.74, 6) is 1.16. The number of carbonyl (C=O) groups excluding carboxylic acids is 1. The highest BCUT2D eigenvalue weighted by molar-refractivity contribution is 5.76. The van der Waals surface area contributed by atoms with Crippen molar-refractivity contribution in [2.24, 2.45) is 0 Å². The number of aromatic nitrogens is 4. The zero-order chi connectivity index (χ0) is 17.1. The lowest BCUT2D eigenvalue weighted by Gasteiger charge is -2.20. The van der Waals surface area contributed by atoms with Crippen LogP contribution in [0.2, 0.25) is 0 Å². The number of fused-ring (bicyclic) bond motifs is 1. The van der Waals surface area contributed by atoms with E-state index < -0.39 is 6.10 Å². The molecule has 7 heteroatoms. The average Bonchev–Trinajstić information content (AvgIpc) is 3.14. The predicted molar refractivity (Wildman–Crippen MR) is 89.1 cm³/mol. The Kier molecular flexibility index (Phi) is 4.99. The standard InChI is InChI=1S/C17H25N5O2/c1-3-16-18-6-10-20(16)9-5-17(24)21-7-4-8-22-14(12-21)11-15(19-22)13(2)23/h6,10-11,13,23H,3-5,7-9,12H2,1-2H3/t13-/m1/s1. The Morgan fingerprint density at radius 3 is 3.00 bits per heavy atom. The van der Waals surface area contributed by atoms with Gasteiger partial charge in [-0.05, 0) is 19.4 Å². The minimum absolute atomic E-state index is 0.152. The summed E-state index contributed by atoms with van der Waals surface area (Å²) in [5, 5.41) is 14.1. The van der Waals surface area contributed by atoms with Gasteiger partial charge in [-0.15, -0.1) is 0 Å². The second kappa shape index (κ2) is 7.17. The molecular weight excluding hydrogens is 306 g/mol. The monoisotopic (exact) mass is 331 g/mol. The number of amides is 1. The fraction of sp³-hybridized carbons (Fsp3) is 0.588. The van der Waals surface area contributed by atoms with Crippen LogP contribution in [0.15, 0.2) is 18.5 Å². The van der Waals surface area contributed by atoms with Crippen molar-refractivity contribution in [3.63, 3.8) is 0 Å². The van der Waals surface area contributed by atoms with Crippen LogP contribution in [0, 0.1) is 0 Å². The van der Waals surface area contributed by atoms with Crippen LogP contribution in [0.4, 0.5) is 0 Å². The Hall–Kier alpha value is -2.15. The molecule has 0 saturated carbocycles. The van der Waals surface area contributed by atoms with Gasteiger partial charge < -0.3 is 14.6 Å². The fourth-order valence-electron chi connectivity index (χ4n) is 3.13. The van der Waals surface area contributed by atoms with Crippen molar-refractivity contribution in [1.82, 2.24) is 24.2 Å². The third-order valence-corrected chi connectivity index (χ3v) is 4.50. The molecule has 3 rings (SSSR count). The van der Waals surface area contributed by atoms with Gasteiger partial charge in [0.15, 0.2) is 0 Å². The van der Waals surface area contributed by atoms with Crippen LogP contribution in [0.3, 0.4) is 0 Å². The number of hydrogen-bond donors (Lipinski definition) is 1. The molecule has 0 unspecified atom stereocenters. The van der Waals surface area contributed by atoms with Crippen molar-refractivity contribution in [2.45, 2.75) is 58.8 Å². The van der Waals surface area contributed by atoms with Crippen LogP contribution in [0.25, 0.3) is 0 Å². The van der Waals surface area contributed by atoms with Crippen LogP contribution in [0.1, 0.15) is 50.0 Å². The second-order valence-corrected chi connectivity index (χ2v) is 6.27. The van der Waals surface area contributed by atoms with E-state index >= 15 is 0 Å². The van der Waals surface area contributed by atoms with Gasteiger partial charge in [-0.3, -0.25) is 9.48 Å². The molecule has 2 aromatic heterocycles. The van der Waals surface area contributed by atoms with Crippen molar-refractivity contribution in [3.05, 3.63) is 35.7 Å². The first-order chi connectivity index (χ1) is 11.6. The Morgan fingerprint density at radius 1 is 1.42 bits per heavy atom. The molecule has 0 aliphatic carbocycles. The van der Waals surface area contributed by atoms with Crippen LogP contribution in [-0.4, -0.2) is 41.8 Å². The number of hydrogen-bond acceptors (Lipinski definition) is 4. The zero-order valence-electron chi connectivity index (χ0n) is 14.4. The molecule has 1 amide bonds. The van der Waals surface area contributed by atoms with Crippen LogP contribution in [-0.2, 0) is 30.8 Å². The molecule has 0 aromatic carbocycles. The molecule has 1 aliphatic rings. The first-order valence-corrected chi connectivity index (χ1v) is 8.61. The van der Waals surface area contributed by atoms with E-state index in [1.54, 1.807) is 13.1 Å². The van der Waals surface area contributed by atoms with Gasteiger partial charge in [0, 0.05) is 44.9 Å². The Bertz CT molecular complexity index is 704. The highest BCUT2D eigenvalue weighted by atomic mass is 16.3. The lowest BCUT2D eigenvalue weighted by Crippen LogP contribution is -2.31. The molecule has 0 radical (unpaired) electrons. The molecule has 1 atom stereocenters. The van der Waals surface area contributed by atoms with Crippen LogP contribution < -0.4 is 0 Å². The van der Waals surface area contributed by atoms with Gasteiger partial charge in [0.05, 0.1) is 24.0 Å². The summed E-state index contributed by atoms with van der Waals surface area (Å²) in [6.07, 6.45) is 5.35. The Morgan fingerprint density at radius 2 is 2.25 bits per heavy atom. The van der Waals surface area contributed by atoms with Crippen molar-refractivity contribution in [3.8, 4) is 0 Å². The molecule has 0 spiro atoms. The van der Waals surface area contributed by atoms with E-state index in [9.17, 15) is 9.90 Å². The third-order valence-electron chi connectivity index (χ3n) is 4.50. The normalized spacial score (nSPS) is 15.9. The number of carbonyl (C=O) groups is 1. The van der Waals surface area contributed by atoms with Gasteiger partial charge >= 0.3 is 0 Å². The minimum atomic E-state index is -0.581. The van der Waals surface area contributed by atoms with Gasteiger partial charge in [-0.25, -0.2) is 4.98 Å². The number of nitrogens with zero attached hydrogens (tertiary/aromatic N) is 5. The maximum atomic E-state index is 12.6. The number of imidazole rings is 1. The lowest BCUT2D eigenvalue weighted by molar-refractivity contribution is -0.132. The summed E-state index contributed by atoms with van der Waals surface area (Å²) in [7, 11) is 0. The van der Waals surface area contributed by atoms with E-state index in [1.807, 2.05) is 26.4 Å². The first kappa shape index (κ1) is 16.7. The van der Waals surface area contributed by atoms with Crippen LogP contribution >= 0.6 is 0 Å². The van der Waals surface area contributed by atoms with Crippen molar-refractivity contribution >= 4 is 5.91 Å². The van der Waals surface area contributed by atoms with E-state index in [0.717, 1.165) is 37.4 Å². The molecule has 1 N–H and O–H groups in total. The molecule has 1 aliphatic heterocycles. The molecule has 0 fully saturated rings. The first-order valence-electron chi connectivity index (χ1n) is 8.61. The molecule has 3 heterocycles. The largest absolute Gasteiger partial charge is 0.387 e. The van der Waals surface area contributed by atoms with E-state index in [4.69, 9.17) is 0 Å². The second-order valence-electron chi connectivity index (χ2n) is 6.27. The van der Waals surface area contributed by atoms with Gasteiger partial charge in [0.2, 0.25) is 5.91 Å². The molecule has 0 saturated heterocycles. The highest BCUT2D eigenvalue weighted by Crippen LogP contribution is 2.18. The van der Waals surface area contributed by atoms with Crippen molar-refractivity contribution in [2.75, 3.05) is 6.54 Å². The topological polar surface area (TPSA) is 76.2 Å². The summed E-state index contributed by atoms with van der Waals surface area (Å²) in [6.45, 7) is 6.53. The summed E-state index contributed by atoms with van der Waals surface area (Å²) in [4.78, 5) is 18.8.